The summed E-state index contributed by atoms with van der Waals surface area (Å²) in [4.78, 5) is 25.5. The van der Waals surface area contributed by atoms with Crippen LogP contribution >= 0.6 is 0 Å². The number of H-pyrrole nitrogens is 1. The number of fused-ring (bicyclic) bond motifs is 1. The minimum atomic E-state index is -0.0492. The first kappa shape index (κ1) is 20.3. The fourth-order valence-corrected chi connectivity index (χ4v) is 3.61. The number of hydrogen-bond donors (Lipinski definition) is 2. The molecule has 1 saturated heterocycles. The molecule has 0 spiro atoms. The summed E-state index contributed by atoms with van der Waals surface area (Å²) in [5.74, 6) is 7.57. The number of aromatic nitrogens is 3. The van der Waals surface area contributed by atoms with Crippen LogP contribution in [0.5, 0.6) is 11.5 Å². The van der Waals surface area contributed by atoms with E-state index >= 15 is 0 Å². The number of likely N-dealkylation sites (tertiary alicyclic amines) is 1. The van der Waals surface area contributed by atoms with E-state index < -0.39 is 0 Å². The number of anilines is 1. The van der Waals surface area contributed by atoms with Gasteiger partial charge in [0.2, 0.25) is 5.91 Å². The van der Waals surface area contributed by atoms with E-state index in [0.717, 1.165) is 23.1 Å². The molecule has 0 aliphatic carbocycles. The van der Waals surface area contributed by atoms with Crippen LogP contribution in [0.3, 0.4) is 0 Å². The molecule has 0 saturated carbocycles. The van der Waals surface area contributed by atoms with Crippen LogP contribution in [-0.4, -0.2) is 59.1 Å². The van der Waals surface area contributed by atoms with Gasteiger partial charge in [0, 0.05) is 37.0 Å². The highest BCUT2D eigenvalue weighted by molar-refractivity contribution is 5.94. The third-order valence-corrected chi connectivity index (χ3v) is 5.18. The standard InChI is InChI=1S/C23H23N5O3/c1-4-21(29)28-8-7-16(13-28)27-20-12-24-23-22(20)19(25-14-26-23)6-5-15-9-17(30-2)11-18(10-15)31-3/h4,9-12,14,16,27H,1,7-8,13H2,2-3H3,(H,24,25,26)/t16-/m0/s1. The summed E-state index contributed by atoms with van der Waals surface area (Å²) < 4.78 is 10.6. The SMILES string of the molecule is C=CC(=O)N1CC[C@H](Nc2c[nH]c3ncnc(C#Cc4cc(OC)cc(OC)c4)c23)C1. The van der Waals surface area contributed by atoms with Gasteiger partial charge in [0.15, 0.2) is 0 Å². The second kappa shape index (κ2) is 8.79. The van der Waals surface area contributed by atoms with Crippen molar-refractivity contribution < 1.29 is 14.3 Å². The van der Waals surface area contributed by atoms with Crippen LogP contribution in [0, 0.1) is 11.8 Å². The molecule has 8 heteroatoms. The Hall–Kier alpha value is -3.99. The minimum Gasteiger partial charge on any atom is -0.497 e. The highest BCUT2D eigenvalue weighted by Crippen LogP contribution is 2.27. The van der Waals surface area contributed by atoms with Crippen LogP contribution in [0.4, 0.5) is 5.69 Å². The lowest BCUT2D eigenvalue weighted by Gasteiger charge is -2.15. The van der Waals surface area contributed by atoms with Crippen molar-refractivity contribution in [2.24, 2.45) is 0 Å². The van der Waals surface area contributed by atoms with E-state index in [1.807, 2.05) is 18.3 Å². The average Bonchev–Trinajstić information content (AvgIpc) is 3.44. The van der Waals surface area contributed by atoms with Gasteiger partial charge in [-0.05, 0) is 30.6 Å². The lowest BCUT2D eigenvalue weighted by Crippen LogP contribution is -2.30. The van der Waals surface area contributed by atoms with Crippen molar-refractivity contribution in [3.8, 4) is 23.3 Å². The summed E-state index contributed by atoms with van der Waals surface area (Å²) in [5, 5.41) is 4.32. The number of ether oxygens (including phenoxy) is 2. The zero-order chi connectivity index (χ0) is 21.8. The Kier molecular flexibility index (Phi) is 5.76. The highest BCUT2D eigenvalue weighted by atomic mass is 16.5. The average molecular weight is 417 g/mol. The molecule has 1 atom stereocenters. The fourth-order valence-electron chi connectivity index (χ4n) is 3.61. The maximum atomic E-state index is 11.9. The fraction of sp³-hybridized carbons (Fsp3) is 0.261. The van der Waals surface area contributed by atoms with Crippen LogP contribution in [0.2, 0.25) is 0 Å². The number of nitrogens with zero attached hydrogens (tertiary/aromatic N) is 3. The van der Waals surface area contributed by atoms with Gasteiger partial charge in [0.25, 0.3) is 0 Å². The van der Waals surface area contributed by atoms with Crippen LogP contribution in [0.1, 0.15) is 17.7 Å². The molecule has 3 aromatic rings. The van der Waals surface area contributed by atoms with Crippen molar-refractivity contribution >= 4 is 22.6 Å². The predicted octanol–water partition coefficient (Wildman–Crippen LogP) is 2.57. The molecule has 31 heavy (non-hydrogen) atoms. The topological polar surface area (TPSA) is 92.4 Å². The Morgan fingerprint density at radius 2 is 2.03 bits per heavy atom. The second-order valence-corrected chi connectivity index (χ2v) is 7.12. The molecule has 2 aromatic heterocycles. The molecule has 1 amide bonds. The van der Waals surface area contributed by atoms with E-state index in [9.17, 15) is 4.79 Å². The second-order valence-electron chi connectivity index (χ2n) is 7.12. The van der Waals surface area contributed by atoms with E-state index in [-0.39, 0.29) is 11.9 Å². The van der Waals surface area contributed by atoms with Crippen molar-refractivity contribution in [3.63, 3.8) is 0 Å². The van der Waals surface area contributed by atoms with Gasteiger partial charge < -0.3 is 24.7 Å². The molecule has 158 valence electrons. The molecule has 1 fully saturated rings. The number of rotatable bonds is 5. The van der Waals surface area contributed by atoms with Crippen LogP contribution in [-0.2, 0) is 4.79 Å². The van der Waals surface area contributed by atoms with Crippen molar-refractivity contribution in [2.45, 2.75) is 12.5 Å². The molecule has 1 aliphatic heterocycles. The molecule has 8 nitrogen and oxygen atoms in total. The predicted molar refractivity (Wildman–Crippen MR) is 118 cm³/mol. The van der Waals surface area contributed by atoms with Crippen molar-refractivity contribution in [1.82, 2.24) is 19.9 Å². The Bertz CT molecular complexity index is 1170. The number of carbonyl (C=O) groups is 1. The Morgan fingerprint density at radius 3 is 2.74 bits per heavy atom. The summed E-state index contributed by atoms with van der Waals surface area (Å²) in [6, 6.07) is 5.61. The Morgan fingerprint density at radius 1 is 1.26 bits per heavy atom. The molecule has 0 unspecified atom stereocenters. The molecular weight excluding hydrogens is 394 g/mol. The largest absolute Gasteiger partial charge is 0.497 e. The van der Waals surface area contributed by atoms with E-state index in [1.165, 1.54) is 12.4 Å². The van der Waals surface area contributed by atoms with Crippen molar-refractivity contribution in [2.75, 3.05) is 32.6 Å². The highest BCUT2D eigenvalue weighted by Gasteiger charge is 2.25. The number of amides is 1. The maximum absolute atomic E-state index is 11.9. The van der Waals surface area contributed by atoms with Gasteiger partial charge in [-0.3, -0.25) is 4.79 Å². The molecule has 4 rings (SSSR count). The number of carbonyl (C=O) groups excluding carboxylic acids is 1. The smallest absolute Gasteiger partial charge is 0.246 e. The molecule has 1 aliphatic rings. The zero-order valence-electron chi connectivity index (χ0n) is 17.4. The molecule has 0 bridgehead atoms. The van der Waals surface area contributed by atoms with Gasteiger partial charge >= 0.3 is 0 Å². The monoisotopic (exact) mass is 417 g/mol. The minimum absolute atomic E-state index is 0.0492. The van der Waals surface area contributed by atoms with Crippen molar-refractivity contribution in [3.05, 3.63) is 54.6 Å². The van der Waals surface area contributed by atoms with E-state index in [4.69, 9.17) is 9.47 Å². The summed E-state index contributed by atoms with van der Waals surface area (Å²) in [7, 11) is 3.20. The van der Waals surface area contributed by atoms with Gasteiger partial charge in [0.1, 0.15) is 29.2 Å². The van der Waals surface area contributed by atoms with Crippen LogP contribution in [0.25, 0.3) is 11.0 Å². The van der Waals surface area contributed by atoms with Crippen molar-refractivity contribution in [1.29, 1.82) is 0 Å². The number of benzene rings is 1. The summed E-state index contributed by atoms with van der Waals surface area (Å²) in [5.41, 5.74) is 2.91. The van der Waals surface area contributed by atoms with Gasteiger partial charge in [-0.25, -0.2) is 9.97 Å². The Balaban J connectivity index is 1.63. The lowest BCUT2D eigenvalue weighted by atomic mass is 10.1. The third kappa shape index (κ3) is 4.31. The van der Waals surface area contributed by atoms with E-state index in [2.05, 4.69) is 38.7 Å². The first-order chi connectivity index (χ1) is 15.1. The quantitative estimate of drug-likeness (QED) is 0.490. The van der Waals surface area contributed by atoms with Crippen LogP contribution in [0.15, 0.2) is 43.4 Å². The van der Waals surface area contributed by atoms with Gasteiger partial charge in [-0.1, -0.05) is 12.5 Å². The van der Waals surface area contributed by atoms with E-state index in [0.29, 0.717) is 35.9 Å². The summed E-state index contributed by atoms with van der Waals surface area (Å²) in [6.45, 7) is 4.88. The summed E-state index contributed by atoms with van der Waals surface area (Å²) >= 11 is 0. The first-order valence-electron chi connectivity index (χ1n) is 9.86. The molecule has 3 heterocycles. The zero-order valence-corrected chi connectivity index (χ0v) is 17.4. The number of nitrogens with one attached hydrogen (secondary N) is 2. The van der Waals surface area contributed by atoms with Gasteiger partial charge in [-0.2, -0.15) is 0 Å². The Labute approximate surface area is 180 Å². The maximum Gasteiger partial charge on any atom is 0.246 e. The number of hydrogen-bond acceptors (Lipinski definition) is 6. The normalized spacial score (nSPS) is 15.3. The molecule has 0 radical (unpaired) electrons. The third-order valence-electron chi connectivity index (χ3n) is 5.18. The van der Waals surface area contributed by atoms with Gasteiger partial charge in [-0.15, -0.1) is 0 Å². The summed E-state index contributed by atoms with van der Waals surface area (Å²) in [6.07, 6.45) is 5.55. The molecule has 2 N–H and O–H groups in total. The number of aromatic amines is 1. The van der Waals surface area contributed by atoms with Crippen LogP contribution < -0.4 is 14.8 Å². The number of methoxy groups -OCH3 is 2. The van der Waals surface area contributed by atoms with Gasteiger partial charge in [0.05, 0.1) is 25.3 Å². The lowest BCUT2D eigenvalue weighted by molar-refractivity contribution is -0.125. The molecular formula is C23H23N5O3. The molecule has 1 aromatic carbocycles. The first-order valence-corrected chi connectivity index (χ1v) is 9.86. The van der Waals surface area contributed by atoms with E-state index in [1.54, 1.807) is 25.2 Å².